The smallest absolute Gasteiger partial charge is 0.184 e. The van der Waals surface area contributed by atoms with Crippen LogP contribution >= 0.6 is 11.3 Å². The quantitative estimate of drug-likeness (QED) is 0.383. The summed E-state index contributed by atoms with van der Waals surface area (Å²) in [4.78, 5) is 9.19. The second kappa shape index (κ2) is 7.65. The molecule has 1 atom stereocenters. The Kier molecular flexibility index (Phi) is 4.69. The Labute approximate surface area is 177 Å². The van der Waals surface area contributed by atoms with Crippen molar-refractivity contribution in [2.45, 2.75) is 6.04 Å². The number of nitrogens with one attached hydrogen (secondary N) is 1. The predicted octanol–water partition coefficient (Wildman–Crippen LogP) is 5.76. The summed E-state index contributed by atoms with van der Waals surface area (Å²) >= 11 is 1.59. The maximum atomic E-state index is 10.8. The second-order valence-electron chi connectivity index (χ2n) is 6.91. The van der Waals surface area contributed by atoms with Crippen LogP contribution in [0.25, 0.3) is 21.1 Å². The summed E-state index contributed by atoms with van der Waals surface area (Å²) in [6.07, 6.45) is 1.76. The van der Waals surface area contributed by atoms with Crippen molar-refractivity contribution in [3.63, 3.8) is 0 Å². The number of phenolic OH excluding ortho intramolecular Hbond substituents is 1. The summed E-state index contributed by atoms with van der Waals surface area (Å²) in [6, 6.07) is 23.0. The van der Waals surface area contributed by atoms with Gasteiger partial charge in [0.15, 0.2) is 5.13 Å². The first-order valence-electron chi connectivity index (χ1n) is 9.55. The lowest BCUT2D eigenvalue weighted by atomic mass is 9.94. The number of para-hydroxylation sites is 1. The number of nitrogens with zero attached hydrogens (tertiary/aromatic N) is 2. The van der Waals surface area contributed by atoms with E-state index in [2.05, 4.69) is 16.4 Å². The number of pyridine rings is 1. The molecule has 0 radical (unpaired) electrons. The molecule has 148 valence electrons. The molecule has 2 N–H and O–H groups in total. The minimum absolute atomic E-state index is 0.213. The summed E-state index contributed by atoms with van der Waals surface area (Å²) in [5.41, 5.74) is 3.53. The van der Waals surface area contributed by atoms with Gasteiger partial charge in [-0.2, -0.15) is 0 Å². The Bertz CT molecular complexity index is 1300. The zero-order chi connectivity index (χ0) is 20.5. The molecule has 0 bridgehead atoms. The highest BCUT2D eigenvalue weighted by molar-refractivity contribution is 7.22. The Morgan fingerprint density at radius 3 is 2.57 bits per heavy atom. The van der Waals surface area contributed by atoms with E-state index in [0.29, 0.717) is 0 Å². The Balaban J connectivity index is 1.67. The summed E-state index contributed by atoms with van der Waals surface area (Å²) in [6.45, 7) is 0. The fraction of sp³-hybridized carbons (Fsp3) is 0.0833. The maximum absolute atomic E-state index is 10.8. The van der Waals surface area contributed by atoms with Crippen LogP contribution in [0.1, 0.15) is 17.2 Å². The van der Waals surface area contributed by atoms with Crippen LogP contribution in [0.5, 0.6) is 11.5 Å². The third-order valence-corrected chi connectivity index (χ3v) is 6.07. The molecular formula is C24H19N3O2S. The van der Waals surface area contributed by atoms with Gasteiger partial charge in [0.05, 0.1) is 28.9 Å². The molecule has 1 unspecified atom stereocenters. The van der Waals surface area contributed by atoms with Crippen molar-refractivity contribution >= 4 is 37.6 Å². The van der Waals surface area contributed by atoms with Crippen molar-refractivity contribution in [1.29, 1.82) is 0 Å². The lowest BCUT2D eigenvalue weighted by molar-refractivity contribution is 0.414. The number of methoxy groups -OCH3 is 1. The van der Waals surface area contributed by atoms with Crippen LogP contribution in [0.15, 0.2) is 79.0 Å². The number of rotatable bonds is 5. The van der Waals surface area contributed by atoms with Crippen LogP contribution in [0.2, 0.25) is 0 Å². The van der Waals surface area contributed by atoms with Crippen LogP contribution in [0.3, 0.4) is 0 Å². The highest BCUT2D eigenvalue weighted by Crippen LogP contribution is 2.39. The molecule has 6 heteroatoms. The number of ether oxygens (including phenoxy) is 1. The van der Waals surface area contributed by atoms with Gasteiger partial charge in [-0.1, -0.05) is 41.7 Å². The van der Waals surface area contributed by atoms with Crippen molar-refractivity contribution in [2.24, 2.45) is 0 Å². The van der Waals surface area contributed by atoms with Gasteiger partial charge in [-0.05, 0) is 48.0 Å². The Morgan fingerprint density at radius 1 is 0.933 bits per heavy atom. The van der Waals surface area contributed by atoms with Gasteiger partial charge in [0.25, 0.3) is 0 Å². The number of benzene rings is 3. The zero-order valence-electron chi connectivity index (χ0n) is 16.2. The molecule has 0 saturated heterocycles. The monoisotopic (exact) mass is 413 g/mol. The molecule has 3 aromatic carbocycles. The number of aromatic hydroxyl groups is 1. The molecule has 5 rings (SSSR count). The lowest BCUT2D eigenvalue weighted by Crippen LogP contribution is -2.13. The number of fused-ring (bicyclic) bond motifs is 2. The second-order valence-corrected chi connectivity index (χ2v) is 7.94. The Morgan fingerprint density at radius 2 is 1.77 bits per heavy atom. The van der Waals surface area contributed by atoms with Crippen molar-refractivity contribution in [1.82, 2.24) is 9.97 Å². The van der Waals surface area contributed by atoms with E-state index in [1.54, 1.807) is 30.7 Å². The maximum Gasteiger partial charge on any atom is 0.184 e. The van der Waals surface area contributed by atoms with E-state index in [0.717, 1.165) is 43.1 Å². The third-order valence-electron chi connectivity index (χ3n) is 5.10. The first-order valence-corrected chi connectivity index (χ1v) is 10.4. The summed E-state index contributed by atoms with van der Waals surface area (Å²) in [5, 5.41) is 16.1. The number of hydrogen-bond acceptors (Lipinski definition) is 6. The van der Waals surface area contributed by atoms with E-state index < -0.39 is 0 Å². The van der Waals surface area contributed by atoms with Crippen molar-refractivity contribution < 1.29 is 9.84 Å². The highest BCUT2D eigenvalue weighted by Gasteiger charge is 2.22. The lowest BCUT2D eigenvalue weighted by Gasteiger charge is -2.22. The average molecular weight is 414 g/mol. The molecule has 0 fully saturated rings. The summed E-state index contributed by atoms with van der Waals surface area (Å²) < 4.78 is 6.43. The molecule has 0 amide bonds. The minimum atomic E-state index is -0.315. The Hall–Kier alpha value is -3.64. The SMILES string of the molecule is COc1ccc(C(Nc2nc3ccccc3s2)c2c(O)ccc3ncccc23)cc1. The van der Waals surface area contributed by atoms with Gasteiger partial charge < -0.3 is 15.2 Å². The van der Waals surface area contributed by atoms with E-state index in [4.69, 9.17) is 9.72 Å². The molecule has 30 heavy (non-hydrogen) atoms. The van der Waals surface area contributed by atoms with Gasteiger partial charge in [-0.15, -0.1) is 0 Å². The van der Waals surface area contributed by atoms with Gasteiger partial charge in [0, 0.05) is 17.1 Å². The molecule has 2 heterocycles. The highest BCUT2D eigenvalue weighted by atomic mass is 32.1. The third kappa shape index (κ3) is 3.31. The average Bonchev–Trinajstić information content (AvgIpc) is 3.20. The number of anilines is 1. The molecule has 0 aliphatic rings. The van der Waals surface area contributed by atoms with E-state index in [1.807, 2.05) is 60.7 Å². The number of aromatic nitrogens is 2. The van der Waals surface area contributed by atoms with E-state index in [9.17, 15) is 5.11 Å². The molecule has 5 aromatic rings. The van der Waals surface area contributed by atoms with Crippen molar-refractivity contribution in [3.8, 4) is 11.5 Å². The van der Waals surface area contributed by atoms with Gasteiger partial charge in [0.1, 0.15) is 11.5 Å². The molecule has 2 aromatic heterocycles. The minimum Gasteiger partial charge on any atom is -0.508 e. The van der Waals surface area contributed by atoms with Gasteiger partial charge in [-0.3, -0.25) is 4.98 Å². The fourth-order valence-electron chi connectivity index (χ4n) is 3.64. The molecule has 5 nitrogen and oxygen atoms in total. The van der Waals surface area contributed by atoms with Gasteiger partial charge in [0.2, 0.25) is 0 Å². The number of thiazole rings is 1. The van der Waals surface area contributed by atoms with Crippen molar-refractivity contribution in [3.05, 3.63) is 90.1 Å². The normalized spacial score (nSPS) is 12.2. The molecule has 0 saturated carbocycles. The summed E-state index contributed by atoms with van der Waals surface area (Å²) in [5.74, 6) is 0.992. The number of phenols is 1. The first kappa shape index (κ1) is 18.4. The number of hydrogen-bond donors (Lipinski definition) is 2. The van der Waals surface area contributed by atoms with Crippen LogP contribution in [0, 0.1) is 0 Å². The van der Waals surface area contributed by atoms with Crippen LogP contribution in [-0.2, 0) is 0 Å². The van der Waals surface area contributed by atoms with Crippen LogP contribution < -0.4 is 10.1 Å². The van der Waals surface area contributed by atoms with Crippen molar-refractivity contribution in [2.75, 3.05) is 12.4 Å². The molecular weight excluding hydrogens is 394 g/mol. The van der Waals surface area contributed by atoms with E-state index in [1.165, 1.54) is 0 Å². The first-order chi connectivity index (χ1) is 14.7. The molecule has 0 spiro atoms. The van der Waals surface area contributed by atoms with Crippen LogP contribution in [0.4, 0.5) is 5.13 Å². The molecule has 0 aliphatic heterocycles. The van der Waals surface area contributed by atoms with E-state index in [-0.39, 0.29) is 11.8 Å². The van der Waals surface area contributed by atoms with Crippen LogP contribution in [-0.4, -0.2) is 22.2 Å². The standard InChI is InChI=1S/C24H19N3O2S/c1-29-16-10-8-15(9-11-16)23(27-24-26-19-6-2-3-7-21(19)30-24)22-17-5-4-14-25-18(17)12-13-20(22)28/h2-14,23,28H,1H3,(H,26,27). The molecule has 0 aliphatic carbocycles. The summed E-state index contributed by atoms with van der Waals surface area (Å²) in [7, 11) is 1.65. The fourth-order valence-corrected chi connectivity index (χ4v) is 4.54. The zero-order valence-corrected chi connectivity index (χ0v) is 17.1. The van der Waals surface area contributed by atoms with E-state index >= 15 is 0 Å². The topological polar surface area (TPSA) is 67.3 Å². The van der Waals surface area contributed by atoms with Gasteiger partial charge in [-0.25, -0.2) is 4.98 Å². The van der Waals surface area contributed by atoms with Gasteiger partial charge >= 0.3 is 0 Å². The largest absolute Gasteiger partial charge is 0.508 e. The predicted molar refractivity (Wildman–Crippen MR) is 121 cm³/mol.